The number of carbonyl (C=O) groups is 1. The molecule has 0 bridgehead atoms. The van der Waals surface area contributed by atoms with Crippen molar-refractivity contribution in [1.82, 2.24) is 19.6 Å². The van der Waals surface area contributed by atoms with Crippen molar-refractivity contribution in [3.05, 3.63) is 0 Å². The SMILES string of the molecule is CCN1CCN(C)CCN(C(C)C)CCN(CC(=O)O)CC1. The van der Waals surface area contributed by atoms with Crippen LogP contribution in [0.1, 0.15) is 20.8 Å². The molecule has 130 valence electrons. The van der Waals surface area contributed by atoms with Gasteiger partial charge in [-0.15, -0.1) is 0 Å². The molecule has 1 heterocycles. The topological polar surface area (TPSA) is 50.3 Å². The molecular weight excluding hydrogens is 280 g/mol. The van der Waals surface area contributed by atoms with Crippen LogP contribution in [0.5, 0.6) is 0 Å². The molecule has 0 unspecified atom stereocenters. The molecule has 0 saturated carbocycles. The monoisotopic (exact) mass is 314 g/mol. The summed E-state index contributed by atoms with van der Waals surface area (Å²) < 4.78 is 0. The molecule has 6 heteroatoms. The van der Waals surface area contributed by atoms with Crippen molar-refractivity contribution in [3.63, 3.8) is 0 Å². The van der Waals surface area contributed by atoms with E-state index in [9.17, 15) is 4.79 Å². The Morgan fingerprint density at radius 3 is 2.05 bits per heavy atom. The van der Waals surface area contributed by atoms with E-state index in [-0.39, 0.29) is 6.54 Å². The Hall–Kier alpha value is -0.690. The highest BCUT2D eigenvalue weighted by molar-refractivity contribution is 5.69. The van der Waals surface area contributed by atoms with Gasteiger partial charge in [0, 0.05) is 58.4 Å². The minimum Gasteiger partial charge on any atom is -0.480 e. The van der Waals surface area contributed by atoms with Crippen LogP contribution < -0.4 is 0 Å². The van der Waals surface area contributed by atoms with Gasteiger partial charge in [-0.1, -0.05) is 6.92 Å². The molecule has 0 radical (unpaired) electrons. The van der Waals surface area contributed by atoms with Crippen LogP contribution in [0.3, 0.4) is 0 Å². The molecule has 0 aromatic carbocycles. The van der Waals surface area contributed by atoms with Crippen LogP contribution in [0.2, 0.25) is 0 Å². The Balaban J connectivity index is 2.69. The van der Waals surface area contributed by atoms with Crippen molar-refractivity contribution in [2.75, 3.05) is 72.5 Å². The van der Waals surface area contributed by atoms with Crippen molar-refractivity contribution in [1.29, 1.82) is 0 Å². The van der Waals surface area contributed by atoms with Crippen molar-refractivity contribution in [2.45, 2.75) is 26.8 Å². The highest BCUT2D eigenvalue weighted by Crippen LogP contribution is 2.02. The largest absolute Gasteiger partial charge is 0.480 e. The van der Waals surface area contributed by atoms with E-state index in [4.69, 9.17) is 5.11 Å². The molecule has 0 atom stereocenters. The van der Waals surface area contributed by atoms with E-state index in [2.05, 4.69) is 47.4 Å². The van der Waals surface area contributed by atoms with Gasteiger partial charge in [0.05, 0.1) is 6.54 Å². The molecule has 1 rings (SSSR count). The van der Waals surface area contributed by atoms with Gasteiger partial charge >= 0.3 is 5.97 Å². The lowest BCUT2D eigenvalue weighted by Crippen LogP contribution is -2.47. The summed E-state index contributed by atoms with van der Waals surface area (Å²) in [5.74, 6) is -0.731. The zero-order chi connectivity index (χ0) is 16.5. The third kappa shape index (κ3) is 7.54. The molecule has 0 spiro atoms. The van der Waals surface area contributed by atoms with Gasteiger partial charge in [-0.05, 0) is 27.4 Å². The van der Waals surface area contributed by atoms with Crippen LogP contribution >= 0.6 is 0 Å². The highest BCUT2D eigenvalue weighted by atomic mass is 16.4. The van der Waals surface area contributed by atoms with Crippen molar-refractivity contribution < 1.29 is 9.90 Å². The summed E-state index contributed by atoms with van der Waals surface area (Å²) in [5.41, 5.74) is 0. The van der Waals surface area contributed by atoms with Gasteiger partial charge in [0.15, 0.2) is 0 Å². The minimum atomic E-state index is -0.731. The molecule has 1 aliphatic heterocycles. The highest BCUT2D eigenvalue weighted by Gasteiger charge is 2.17. The van der Waals surface area contributed by atoms with Gasteiger partial charge in [0.2, 0.25) is 0 Å². The van der Waals surface area contributed by atoms with E-state index in [1.54, 1.807) is 0 Å². The number of hydrogen-bond acceptors (Lipinski definition) is 5. The fourth-order valence-electron chi connectivity index (χ4n) is 2.79. The third-order valence-corrected chi connectivity index (χ3v) is 4.54. The Morgan fingerprint density at radius 1 is 0.955 bits per heavy atom. The minimum absolute atomic E-state index is 0.142. The van der Waals surface area contributed by atoms with Gasteiger partial charge in [0.1, 0.15) is 0 Å². The lowest BCUT2D eigenvalue weighted by atomic mass is 10.3. The molecular formula is C16H34N4O2. The summed E-state index contributed by atoms with van der Waals surface area (Å²) in [7, 11) is 2.19. The molecule has 0 aliphatic carbocycles. The molecule has 1 aliphatic rings. The number of hydrogen-bond donors (Lipinski definition) is 1. The molecule has 1 fully saturated rings. The molecule has 0 aromatic heterocycles. The first-order chi connectivity index (χ1) is 10.4. The number of rotatable bonds is 4. The summed E-state index contributed by atoms with van der Waals surface area (Å²) >= 11 is 0. The van der Waals surface area contributed by atoms with Crippen LogP contribution in [0, 0.1) is 0 Å². The van der Waals surface area contributed by atoms with Gasteiger partial charge < -0.3 is 14.9 Å². The number of nitrogens with zero attached hydrogens (tertiary/aromatic N) is 4. The van der Waals surface area contributed by atoms with E-state index in [0.717, 1.165) is 58.9 Å². The molecule has 6 nitrogen and oxygen atoms in total. The van der Waals surface area contributed by atoms with Crippen molar-refractivity contribution >= 4 is 5.97 Å². The van der Waals surface area contributed by atoms with Gasteiger partial charge in [-0.25, -0.2) is 0 Å². The van der Waals surface area contributed by atoms with E-state index in [1.807, 2.05) is 0 Å². The Kier molecular flexibility index (Phi) is 8.93. The number of aliphatic carboxylic acids is 1. The van der Waals surface area contributed by atoms with Gasteiger partial charge in [-0.2, -0.15) is 0 Å². The van der Waals surface area contributed by atoms with Crippen LogP contribution in [0.25, 0.3) is 0 Å². The van der Waals surface area contributed by atoms with E-state index < -0.39 is 5.97 Å². The zero-order valence-electron chi connectivity index (χ0n) is 14.8. The Bertz CT molecular complexity index is 325. The van der Waals surface area contributed by atoms with Crippen LogP contribution in [-0.2, 0) is 4.79 Å². The smallest absolute Gasteiger partial charge is 0.317 e. The number of likely N-dealkylation sites (N-methyl/N-ethyl adjacent to an activating group) is 2. The predicted molar refractivity (Wildman–Crippen MR) is 90.4 cm³/mol. The summed E-state index contributed by atoms with van der Waals surface area (Å²) in [6.45, 7) is 15.5. The molecule has 1 saturated heterocycles. The number of carboxylic acid groups (broad SMARTS) is 1. The van der Waals surface area contributed by atoms with Gasteiger partial charge in [0.25, 0.3) is 0 Å². The molecule has 22 heavy (non-hydrogen) atoms. The first-order valence-corrected chi connectivity index (χ1v) is 8.51. The van der Waals surface area contributed by atoms with Crippen molar-refractivity contribution in [3.8, 4) is 0 Å². The summed E-state index contributed by atoms with van der Waals surface area (Å²) in [6, 6.07) is 0.496. The maximum atomic E-state index is 11.1. The average molecular weight is 314 g/mol. The lowest BCUT2D eigenvalue weighted by Gasteiger charge is -2.34. The lowest BCUT2D eigenvalue weighted by molar-refractivity contribution is -0.138. The standard InChI is InChI=1S/C16H34N4O2/c1-5-18-8-6-17(4)7-12-20(15(2)3)13-11-19(10-9-18)14-16(21)22/h15H,5-14H2,1-4H3,(H,21,22). The van der Waals surface area contributed by atoms with Gasteiger partial charge in [-0.3, -0.25) is 14.6 Å². The molecule has 0 amide bonds. The Morgan fingerprint density at radius 2 is 1.45 bits per heavy atom. The fraction of sp³-hybridized carbons (Fsp3) is 0.938. The maximum absolute atomic E-state index is 11.1. The number of carboxylic acids is 1. The second-order valence-electron chi connectivity index (χ2n) is 6.54. The predicted octanol–water partition coefficient (Wildman–Crippen LogP) is 0.351. The second kappa shape index (κ2) is 10.2. The van der Waals surface area contributed by atoms with E-state index in [0.29, 0.717) is 6.04 Å². The molecule has 0 aromatic rings. The molecule has 1 N–H and O–H groups in total. The van der Waals surface area contributed by atoms with Crippen LogP contribution in [-0.4, -0.2) is 109 Å². The van der Waals surface area contributed by atoms with Crippen LogP contribution in [0.4, 0.5) is 0 Å². The zero-order valence-corrected chi connectivity index (χ0v) is 14.8. The van der Waals surface area contributed by atoms with Crippen molar-refractivity contribution in [2.24, 2.45) is 0 Å². The second-order valence-corrected chi connectivity index (χ2v) is 6.54. The summed E-state index contributed by atoms with van der Waals surface area (Å²) in [6.07, 6.45) is 0. The summed E-state index contributed by atoms with van der Waals surface area (Å²) in [4.78, 5) is 20.4. The van der Waals surface area contributed by atoms with E-state index >= 15 is 0 Å². The third-order valence-electron chi connectivity index (χ3n) is 4.54. The maximum Gasteiger partial charge on any atom is 0.317 e. The first-order valence-electron chi connectivity index (χ1n) is 8.51. The average Bonchev–Trinajstić information content (AvgIpc) is 2.44. The quantitative estimate of drug-likeness (QED) is 0.808. The Labute approximate surface area is 135 Å². The summed E-state index contributed by atoms with van der Waals surface area (Å²) in [5, 5.41) is 9.11. The fourth-order valence-corrected chi connectivity index (χ4v) is 2.79. The van der Waals surface area contributed by atoms with Crippen LogP contribution in [0.15, 0.2) is 0 Å². The van der Waals surface area contributed by atoms with E-state index in [1.165, 1.54) is 0 Å². The normalized spacial score (nSPS) is 22.4. The first kappa shape index (κ1) is 19.4.